The average Bonchev–Trinajstić information content (AvgIpc) is 2.89. The highest BCUT2D eigenvalue weighted by Crippen LogP contribution is 2.29. The van der Waals surface area contributed by atoms with Gasteiger partial charge < -0.3 is 20.3 Å². The van der Waals surface area contributed by atoms with Crippen LogP contribution in [0.3, 0.4) is 0 Å². The Hall–Kier alpha value is -2.22. The molecule has 0 bridgehead atoms. The fourth-order valence-electron chi connectivity index (χ4n) is 5.30. The number of carbonyl (C=O) groups is 3. The van der Waals surface area contributed by atoms with Crippen molar-refractivity contribution >= 4 is 30.5 Å². The highest BCUT2D eigenvalue weighted by atomic mass is 32.1. The summed E-state index contributed by atoms with van der Waals surface area (Å²) in [5, 5.41) is 6.00. The van der Waals surface area contributed by atoms with Gasteiger partial charge in [-0.3, -0.25) is 9.59 Å². The van der Waals surface area contributed by atoms with Gasteiger partial charge in [-0.15, -0.1) is 0 Å². The number of amides is 3. The van der Waals surface area contributed by atoms with Crippen LogP contribution in [0.25, 0.3) is 0 Å². The lowest BCUT2D eigenvalue weighted by molar-refractivity contribution is -0.142. The zero-order valence-corrected chi connectivity index (χ0v) is 26.6. The predicted molar refractivity (Wildman–Crippen MR) is 166 cm³/mol. The van der Waals surface area contributed by atoms with Crippen LogP contribution in [-0.4, -0.2) is 52.8 Å². The van der Waals surface area contributed by atoms with Crippen LogP contribution in [0.2, 0.25) is 0 Å². The molecule has 2 atom stereocenters. The number of unbranched alkanes of at least 4 members (excludes halogenated alkanes) is 5. The molecule has 0 saturated heterocycles. The molecule has 1 aliphatic carbocycles. The summed E-state index contributed by atoms with van der Waals surface area (Å²) in [6.07, 6.45) is 11.0. The van der Waals surface area contributed by atoms with Gasteiger partial charge in [-0.25, -0.2) is 4.79 Å². The number of hydrogen-bond donors (Lipinski definition) is 3. The molecule has 8 heteroatoms. The maximum atomic E-state index is 14.2. The van der Waals surface area contributed by atoms with E-state index >= 15 is 0 Å². The average molecular weight is 576 g/mol. The normalized spacial score (nSPS) is 15.7. The van der Waals surface area contributed by atoms with E-state index < -0.39 is 23.8 Å². The van der Waals surface area contributed by atoms with E-state index in [1.165, 1.54) is 19.3 Å². The molecule has 0 spiro atoms. The lowest BCUT2D eigenvalue weighted by Crippen LogP contribution is -2.54. The van der Waals surface area contributed by atoms with Gasteiger partial charge in [0.05, 0.1) is 0 Å². The van der Waals surface area contributed by atoms with Gasteiger partial charge in [0.1, 0.15) is 17.7 Å². The Kier molecular flexibility index (Phi) is 14.4. The molecule has 2 N–H and O–H groups in total. The van der Waals surface area contributed by atoms with Gasteiger partial charge in [0.2, 0.25) is 11.8 Å². The standard InChI is InChI=1S/C32H53N3O4S/c1-7-8-9-10-11-15-20-35(30(37)27(22-40)34-31(38)39-32(4,5)6)28(26-21-23(2)18-19-24(26)3)29(36)33-25-16-13-12-14-17-25/h18-19,21,25,27-28,40H,7-17,20,22H2,1-6H3,(H,33,36)(H,34,38). The third-order valence-corrected chi connectivity index (χ3v) is 7.81. The monoisotopic (exact) mass is 575 g/mol. The minimum absolute atomic E-state index is 0.0921. The van der Waals surface area contributed by atoms with E-state index in [2.05, 4.69) is 30.2 Å². The summed E-state index contributed by atoms with van der Waals surface area (Å²) in [6, 6.07) is 4.43. The van der Waals surface area contributed by atoms with Crippen molar-refractivity contribution in [3.63, 3.8) is 0 Å². The number of ether oxygens (including phenoxy) is 1. The van der Waals surface area contributed by atoms with E-state index in [-0.39, 0.29) is 23.6 Å². The summed E-state index contributed by atoms with van der Waals surface area (Å²) in [7, 11) is 0. The van der Waals surface area contributed by atoms with Gasteiger partial charge in [0, 0.05) is 18.3 Å². The Labute approximate surface area is 248 Å². The molecule has 0 aliphatic heterocycles. The van der Waals surface area contributed by atoms with Crippen molar-refractivity contribution in [3.8, 4) is 0 Å². The van der Waals surface area contributed by atoms with Gasteiger partial charge >= 0.3 is 6.09 Å². The maximum absolute atomic E-state index is 14.2. The quantitative estimate of drug-likeness (QED) is 0.168. The molecule has 1 aromatic rings. The summed E-state index contributed by atoms with van der Waals surface area (Å²) in [6.45, 7) is 11.9. The van der Waals surface area contributed by atoms with Crippen LogP contribution < -0.4 is 10.6 Å². The number of nitrogens with zero attached hydrogens (tertiary/aromatic N) is 1. The highest BCUT2D eigenvalue weighted by Gasteiger charge is 2.37. The first-order chi connectivity index (χ1) is 19.0. The summed E-state index contributed by atoms with van der Waals surface area (Å²) in [4.78, 5) is 42.6. The second-order valence-electron chi connectivity index (χ2n) is 12.3. The fourth-order valence-corrected chi connectivity index (χ4v) is 5.54. The number of thiol groups is 1. The number of benzene rings is 1. The maximum Gasteiger partial charge on any atom is 0.408 e. The number of rotatable bonds is 14. The molecule has 0 aromatic heterocycles. The van der Waals surface area contributed by atoms with Gasteiger partial charge in [-0.2, -0.15) is 12.6 Å². The van der Waals surface area contributed by atoms with E-state index in [1.54, 1.807) is 25.7 Å². The molecule has 2 rings (SSSR count). The zero-order valence-electron chi connectivity index (χ0n) is 25.7. The van der Waals surface area contributed by atoms with Crippen LogP contribution in [0.15, 0.2) is 18.2 Å². The molecule has 2 unspecified atom stereocenters. The molecule has 1 fully saturated rings. The minimum atomic E-state index is -0.923. The molecule has 40 heavy (non-hydrogen) atoms. The van der Waals surface area contributed by atoms with Crippen molar-refractivity contribution in [1.82, 2.24) is 15.5 Å². The Morgan fingerprint density at radius 2 is 1.68 bits per heavy atom. The Morgan fingerprint density at radius 1 is 1.02 bits per heavy atom. The minimum Gasteiger partial charge on any atom is -0.444 e. The molecule has 226 valence electrons. The van der Waals surface area contributed by atoms with E-state index in [9.17, 15) is 14.4 Å². The van der Waals surface area contributed by atoms with Gasteiger partial charge in [-0.05, 0) is 65.0 Å². The smallest absolute Gasteiger partial charge is 0.408 e. The van der Waals surface area contributed by atoms with Crippen LogP contribution in [0.4, 0.5) is 4.79 Å². The molecule has 1 aromatic carbocycles. The first kappa shape index (κ1) is 34.0. The van der Waals surface area contributed by atoms with Crippen molar-refractivity contribution < 1.29 is 19.1 Å². The van der Waals surface area contributed by atoms with Crippen molar-refractivity contribution in [2.24, 2.45) is 0 Å². The SMILES string of the molecule is CCCCCCCCN(C(=O)C(CS)NC(=O)OC(C)(C)C)C(C(=O)NC1CCCCC1)c1cc(C)ccc1C. The van der Waals surface area contributed by atoms with Crippen molar-refractivity contribution in [2.45, 2.75) is 136 Å². The van der Waals surface area contributed by atoms with Gasteiger partial charge in [0.15, 0.2) is 0 Å². The Balaban J connectivity index is 2.42. The number of carbonyl (C=O) groups excluding carboxylic acids is 3. The molecule has 7 nitrogen and oxygen atoms in total. The van der Waals surface area contributed by atoms with Crippen LogP contribution in [0, 0.1) is 13.8 Å². The van der Waals surface area contributed by atoms with E-state index in [4.69, 9.17) is 4.74 Å². The number of aryl methyl sites for hydroxylation is 2. The molecule has 0 heterocycles. The molecule has 3 amide bonds. The molecule has 1 saturated carbocycles. The highest BCUT2D eigenvalue weighted by molar-refractivity contribution is 7.80. The summed E-state index contributed by atoms with van der Waals surface area (Å²) >= 11 is 4.42. The summed E-state index contributed by atoms with van der Waals surface area (Å²) in [5.74, 6) is -0.385. The number of nitrogens with one attached hydrogen (secondary N) is 2. The van der Waals surface area contributed by atoms with Crippen LogP contribution in [-0.2, 0) is 14.3 Å². The first-order valence-electron chi connectivity index (χ1n) is 15.2. The van der Waals surface area contributed by atoms with Crippen LogP contribution in [0.1, 0.15) is 121 Å². The van der Waals surface area contributed by atoms with E-state index in [0.29, 0.717) is 6.54 Å². The molecule has 0 radical (unpaired) electrons. The first-order valence-corrected chi connectivity index (χ1v) is 15.9. The fraction of sp³-hybridized carbons (Fsp3) is 0.719. The van der Waals surface area contributed by atoms with Crippen molar-refractivity contribution in [2.75, 3.05) is 12.3 Å². The largest absolute Gasteiger partial charge is 0.444 e. The Morgan fingerprint density at radius 3 is 2.30 bits per heavy atom. The zero-order chi connectivity index (χ0) is 29.7. The second kappa shape index (κ2) is 16.9. The molecular weight excluding hydrogens is 522 g/mol. The second-order valence-corrected chi connectivity index (χ2v) is 12.7. The van der Waals surface area contributed by atoms with Gasteiger partial charge in [0.25, 0.3) is 0 Å². The van der Waals surface area contributed by atoms with Crippen LogP contribution in [0.5, 0.6) is 0 Å². The van der Waals surface area contributed by atoms with E-state index in [0.717, 1.165) is 68.1 Å². The number of alkyl carbamates (subject to hydrolysis) is 1. The number of hydrogen-bond acceptors (Lipinski definition) is 5. The lowest BCUT2D eigenvalue weighted by Gasteiger charge is -2.36. The topological polar surface area (TPSA) is 87.7 Å². The van der Waals surface area contributed by atoms with Crippen LogP contribution >= 0.6 is 12.6 Å². The third kappa shape index (κ3) is 11.3. The Bertz CT molecular complexity index is 956. The third-order valence-electron chi connectivity index (χ3n) is 7.45. The summed E-state index contributed by atoms with van der Waals surface area (Å²) in [5.41, 5.74) is 2.11. The van der Waals surface area contributed by atoms with Gasteiger partial charge in [-0.1, -0.05) is 82.1 Å². The lowest BCUT2D eigenvalue weighted by atomic mass is 9.93. The summed E-state index contributed by atoms with van der Waals surface area (Å²) < 4.78 is 5.43. The molecular formula is C32H53N3O4S. The van der Waals surface area contributed by atoms with Crippen molar-refractivity contribution in [1.29, 1.82) is 0 Å². The molecule has 1 aliphatic rings. The predicted octanol–water partition coefficient (Wildman–Crippen LogP) is 6.81. The van der Waals surface area contributed by atoms with E-state index in [1.807, 2.05) is 32.0 Å². The van der Waals surface area contributed by atoms with Crippen molar-refractivity contribution in [3.05, 3.63) is 34.9 Å².